The molecule has 1 N–H and O–H groups in total. The molecule has 0 aliphatic carbocycles. The highest BCUT2D eigenvalue weighted by Gasteiger charge is 2.16. The van der Waals surface area contributed by atoms with Crippen molar-refractivity contribution in [3.05, 3.63) is 30.1 Å². The zero-order valence-corrected chi connectivity index (χ0v) is 13.1. The lowest BCUT2D eigenvalue weighted by atomic mass is 10.0. The molecule has 0 spiro atoms. The Balaban J connectivity index is 2.33. The molecule has 0 saturated heterocycles. The third-order valence-corrected chi connectivity index (χ3v) is 3.81. The predicted molar refractivity (Wildman–Crippen MR) is 82.3 cm³/mol. The van der Waals surface area contributed by atoms with E-state index < -0.39 is 0 Å². The Kier molecular flexibility index (Phi) is 7.03. The van der Waals surface area contributed by atoms with E-state index in [4.69, 9.17) is 0 Å². The lowest BCUT2D eigenvalue weighted by Gasteiger charge is -2.30. The van der Waals surface area contributed by atoms with E-state index in [0.717, 1.165) is 19.5 Å². The molecule has 1 rings (SSSR count). The van der Waals surface area contributed by atoms with Gasteiger partial charge in [-0.15, -0.1) is 0 Å². The van der Waals surface area contributed by atoms with Crippen LogP contribution >= 0.6 is 0 Å². The molecule has 0 fully saturated rings. The van der Waals surface area contributed by atoms with E-state index in [1.165, 1.54) is 5.69 Å². The fraction of sp³-hybridized carbons (Fsp3) is 0.688. The summed E-state index contributed by atoms with van der Waals surface area (Å²) in [4.78, 5) is 6.81. The first-order chi connectivity index (χ1) is 9.00. The quantitative estimate of drug-likeness (QED) is 0.781. The second kappa shape index (κ2) is 8.28. The molecule has 0 bridgehead atoms. The SMILES string of the molecule is CC(C)NCC(C)C(C)N(C)CCc1ccccn1. The van der Waals surface area contributed by atoms with E-state index in [9.17, 15) is 0 Å². The Morgan fingerprint density at radius 3 is 2.53 bits per heavy atom. The second-order valence-electron chi connectivity index (χ2n) is 5.83. The van der Waals surface area contributed by atoms with Gasteiger partial charge in [0.25, 0.3) is 0 Å². The molecule has 0 saturated carbocycles. The zero-order chi connectivity index (χ0) is 14.3. The van der Waals surface area contributed by atoms with Crippen molar-refractivity contribution < 1.29 is 0 Å². The van der Waals surface area contributed by atoms with Crippen molar-refractivity contribution in [3.8, 4) is 0 Å². The Labute approximate surface area is 118 Å². The molecule has 0 radical (unpaired) electrons. The normalized spacial score (nSPS) is 14.9. The molecular formula is C16H29N3. The van der Waals surface area contributed by atoms with Crippen LogP contribution in [0.1, 0.15) is 33.4 Å². The van der Waals surface area contributed by atoms with Crippen LogP contribution in [0.15, 0.2) is 24.4 Å². The summed E-state index contributed by atoms with van der Waals surface area (Å²) in [5, 5.41) is 3.52. The van der Waals surface area contributed by atoms with Crippen LogP contribution in [0.4, 0.5) is 0 Å². The van der Waals surface area contributed by atoms with Crippen molar-refractivity contribution >= 4 is 0 Å². The minimum atomic E-state index is 0.563. The molecule has 1 aromatic rings. The third kappa shape index (κ3) is 6.17. The summed E-state index contributed by atoms with van der Waals surface area (Å²) in [6, 6.07) is 7.27. The van der Waals surface area contributed by atoms with Crippen molar-refractivity contribution in [2.45, 2.75) is 46.2 Å². The van der Waals surface area contributed by atoms with Crippen molar-refractivity contribution in [1.82, 2.24) is 15.2 Å². The number of hydrogen-bond acceptors (Lipinski definition) is 3. The van der Waals surface area contributed by atoms with Crippen LogP contribution in [0.5, 0.6) is 0 Å². The summed E-state index contributed by atoms with van der Waals surface area (Å²) in [7, 11) is 2.21. The van der Waals surface area contributed by atoms with Gasteiger partial charge in [0.1, 0.15) is 0 Å². The summed E-state index contributed by atoms with van der Waals surface area (Å²) in [6.45, 7) is 11.2. The highest BCUT2D eigenvalue weighted by atomic mass is 15.1. The van der Waals surface area contributed by atoms with Gasteiger partial charge in [-0.3, -0.25) is 4.98 Å². The van der Waals surface area contributed by atoms with E-state index in [1.807, 2.05) is 12.3 Å². The van der Waals surface area contributed by atoms with Crippen LogP contribution in [0, 0.1) is 5.92 Å². The third-order valence-electron chi connectivity index (χ3n) is 3.81. The number of nitrogens with one attached hydrogen (secondary N) is 1. The van der Waals surface area contributed by atoms with Crippen molar-refractivity contribution in [2.24, 2.45) is 5.92 Å². The Morgan fingerprint density at radius 2 is 1.95 bits per heavy atom. The number of aromatic nitrogens is 1. The lowest BCUT2D eigenvalue weighted by molar-refractivity contribution is 0.196. The summed E-state index contributed by atoms with van der Waals surface area (Å²) < 4.78 is 0. The van der Waals surface area contributed by atoms with E-state index >= 15 is 0 Å². The van der Waals surface area contributed by atoms with Crippen LogP contribution in [-0.4, -0.2) is 42.1 Å². The largest absolute Gasteiger partial charge is 0.314 e. The standard InChI is InChI=1S/C16H29N3/c1-13(2)18-12-14(3)15(4)19(5)11-9-16-8-6-7-10-17-16/h6-8,10,13-15,18H,9,11-12H2,1-5H3. The summed E-state index contributed by atoms with van der Waals surface area (Å²) in [5.74, 6) is 0.649. The molecule has 0 aliphatic rings. The predicted octanol–water partition coefficient (Wildman–Crippen LogP) is 2.58. The molecule has 3 nitrogen and oxygen atoms in total. The molecule has 0 aliphatic heterocycles. The van der Waals surface area contributed by atoms with Gasteiger partial charge in [-0.1, -0.05) is 26.8 Å². The number of likely N-dealkylation sites (N-methyl/N-ethyl adjacent to an activating group) is 1. The van der Waals surface area contributed by atoms with Gasteiger partial charge in [0.2, 0.25) is 0 Å². The minimum Gasteiger partial charge on any atom is -0.314 e. The van der Waals surface area contributed by atoms with Crippen LogP contribution in [0.25, 0.3) is 0 Å². The van der Waals surface area contributed by atoms with E-state index in [0.29, 0.717) is 18.0 Å². The summed E-state index contributed by atoms with van der Waals surface area (Å²) in [5.41, 5.74) is 1.18. The Bertz CT molecular complexity index is 337. The van der Waals surface area contributed by atoms with Crippen molar-refractivity contribution in [3.63, 3.8) is 0 Å². The van der Waals surface area contributed by atoms with Gasteiger partial charge in [0.05, 0.1) is 0 Å². The molecule has 2 atom stereocenters. The van der Waals surface area contributed by atoms with Crippen LogP contribution < -0.4 is 5.32 Å². The first kappa shape index (κ1) is 16.1. The minimum absolute atomic E-state index is 0.563. The molecule has 19 heavy (non-hydrogen) atoms. The highest BCUT2D eigenvalue weighted by molar-refractivity contribution is 5.03. The fourth-order valence-corrected chi connectivity index (χ4v) is 2.07. The first-order valence-electron chi connectivity index (χ1n) is 7.34. The summed E-state index contributed by atoms with van der Waals surface area (Å²) in [6.07, 6.45) is 2.89. The zero-order valence-electron chi connectivity index (χ0n) is 13.1. The van der Waals surface area contributed by atoms with Crippen LogP contribution in [0.3, 0.4) is 0 Å². The molecule has 0 aromatic carbocycles. The average Bonchev–Trinajstić information content (AvgIpc) is 2.42. The monoisotopic (exact) mass is 263 g/mol. The number of pyridine rings is 1. The molecule has 2 unspecified atom stereocenters. The first-order valence-corrected chi connectivity index (χ1v) is 7.34. The smallest absolute Gasteiger partial charge is 0.0416 e. The van der Waals surface area contributed by atoms with Gasteiger partial charge >= 0.3 is 0 Å². The topological polar surface area (TPSA) is 28.2 Å². The molecular weight excluding hydrogens is 234 g/mol. The number of hydrogen-bond donors (Lipinski definition) is 1. The Hall–Kier alpha value is -0.930. The maximum atomic E-state index is 4.38. The van der Waals surface area contributed by atoms with Gasteiger partial charge in [-0.05, 0) is 38.6 Å². The summed E-state index contributed by atoms with van der Waals surface area (Å²) >= 11 is 0. The number of rotatable bonds is 8. The fourth-order valence-electron chi connectivity index (χ4n) is 2.07. The lowest BCUT2D eigenvalue weighted by Crippen LogP contribution is -2.41. The van der Waals surface area contributed by atoms with Crippen LogP contribution in [-0.2, 0) is 6.42 Å². The maximum Gasteiger partial charge on any atom is 0.0416 e. The van der Waals surface area contributed by atoms with Crippen molar-refractivity contribution in [2.75, 3.05) is 20.1 Å². The molecule has 0 amide bonds. The molecule has 108 valence electrons. The molecule has 1 heterocycles. The van der Waals surface area contributed by atoms with E-state index in [-0.39, 0.29) is 0 Å². The van der Waals surface area contributed by atoms with Crippen molar-refractivity contribution in [1.29, 1.82) is 0 Å². The molecule has 3 heteroatoms. The van der Waals surface area contributed by atoms with Gasteiger partial charge in [0.15, 0.2) is 0 Å². The highest BCUT2D eigenvalue weighted by Crippen LogP contribution is 2.09. The van der Waals surface area contributed by atoms with Gasteiger partial charge in [-0.25, -0.2) is 0 Å². The average molecular weight is 263 g/mol. The maximum absolute atomic E-state index is 4.38. The van der Waals surface area contributed by atoms with Gasteiger partial charge < -0.3 is 10.2 Å². The van der Waals surface area contributed by atoms with E-state index in [2.05, 4.69) is 62.1 Å². The number of nitrogens with zero attached hydrogens (tertiary/aromatic N) is 2. The second-order valence-corrected chi connectivity index (χ2v) is 5.83. The Morgan fingerprint density at radius 1 is 1.21 bits per heavy atom. The molecule has 1 aromatic heterocycles. The van der Waals surface area contributed by atoms with E-state index in [1.54, 1.807) is 0 Å². The van der Waals surface area contributed by atoms with Gasteiger partial charge in [-0.2, -0.15) is 0 Å². The van der Waals surface area contributed by atoms with Gasteiger partial charge in [0, 0.05) is 36.9 Å². The van der Waals surface area contributed by atoms with Crippen LogP contribution in [0.2, 0.25) is 0 Å².